The Kier molecular flexibility index (Phi) is 9.51. The van der Waals surface area contributed by atoms with Gasteiger partial charge in [0.2, 0.25) is 5.67 Å². The van der Waals surface area contributed by atoms with Crippen LogP contribution in [0.3, 0.4) is 0 Å². The number of ether oxygens (including phenoxy) is 2. The Morgan fingerprint density at radius 3 is 1.82 bits per heavy atom. The van der Waals surface area contributed by atoms with E-state index in [4.69, 9.17) is 28.5 Å². The van der Waals surface area contributed by atoms with Gasteiger partial charge in [-0.15, -0.1) is 0 Å². The van der Waals surface area contributed by atoms with Gasteiger partial charge in [-0.2, -0.15) is 0 Å². The Hall–Kier alpha value is -5.89. The van der Waals surface area contributed by atoms with Crippen molar-refractivity contribution in [1.29, 1.82) is 0 Å². The van der Waals surface area contributed by atoms with Gasteiger partial charge in [-0.05, 0) is 176 Å². The summed E-state index contributed by atoms with van der Waals surface area (Å²) in [5.74, 6) is 3.41. The van der Waals surface area contributed by atoms with Crippen LogP contribution in [0.15, 0.2) is 87.1 Å². The van der Waals surface area contributed by atoms with Gasteiger partial charge >= 0.3 is 0 Å². The number of halogens is 1. The topological polar surface area (TPSA) is 158 Å². The first-order chi connectivity index (χ1) is 32.9. The molecule has 4 saturated carbocycles. The molecule has 6 fully saturated rings. The predicted octanol–water partition coefficient (Wildman–Crippen LogP) is 11.4. The molecule has 2 spiro atoms. The average molecular weight is 914 g/mol. The largest absolute Gasteiger partial charge is 0.376 e. The van der Waals surface area contributed by atoms with Crippen LogP contribution in [0.25, 0.3) is 33.3 Å². The van der Waals surface area contributed by atoms with E-state index in [2.05, 4.69) is 37.4 Å². The van der Waals surface area contributed by atoms with Crippen LogP contribution >= 0.6 is 0 Å². The third-order valence-corrected chi connectivity index (χ3v) is 16.0. The van der Waals surface area contributed by atoms with Crippen molar-refractivity contribution in [3.05, 3.63) is 130 Å². The smallest absolute Gasteiger partial charge is 0.205 e. The number of fused-ring (bicyclic) bond motifs is 2. The molecule has 7 aliphatic rings. The summed E-state index contributed by atoms with van der Waals surface area (Å²) in [7, 11) is 0. The number of hydrogen-bond acceptors (Lipinski definition) is 11. The van der Waals surface area contributed by atoms with Crippen LogP contribution in [0.1, 0.15) is 140 Å². The van der Waals surface area contributed by atoms with Gasteiger partial charge in [0.05, 0.1) is 56.8 Å². The number of hydrogen-bond donors (Lipinski definition) is 2. The number of aromatic nitrogens is 6. The van der Waals surface area contributed by atoms with Crippen LogP contribution in [-0.4, -0.2) is 64.5 Å². The Morgan fingerprint density at radius 2 is 1.26 bits per heavy atom. The van der Waals surface area contributed by atoms with Crippen molar-refractivity contribution in [2.45, 2.75) is 152 Å². The van der Waals surface area contributed by atoms with Gasteiger partial charge in [0.15, 0.2) is 5.60 Å². The van der Waals surface area contributed by atoms with Crippen LogP contribution in [0.5, 0.6) is 0 Å². The highest BCUT2D eigenvalue weighted by Crippen LogP contribution is 2.58. The van der Waals surface area contributed by atoms with E-state index < -0.39 is 17.4 Å². The van der Waals surface area contributed by atoms with E-state index in [0.29, 0.717) is 46.5 Å². The lowest BCUT2D eigenvalue weighted by molar-refractivity contribution is -0.0937. The number of rotatable bonds is 10. The second kappa shape index (κ2) is 15.3. The molecule has 0 bridgehead atoms. The van der Waals surface area contributed by atoms with Gasteiger partial charge in [-0.25, -0.2) is 9.37 Å². The highest BCUT2D eigenvalue weighted by Gasteiger charge is 2.59. The zero-order chi connectivity index (χ0) is 46.2. The van der Waals surface area contributed by atoms with E-state index in [9.17, 15) is 5.11 Å². The first-order valence-electron chi connectivity index (χ1n) is 24.7. The summed E-state index contributed by atoms with van der Waals surface area (Å²) < 4.78 is 41.8. The fourth-order valence-corrected chi connectivity index (χ4v) is 11.7. The quantitative estimate of drug-likeness (QED) is 0.135. The van der Waals surface area contributed by atoms with Gasteiger partial charge in [-0.1, -0.05) is 22.4 Å². The molecule has 2 aromatic carbocycles. The number of H-pyrrole nitrogens is 1. The number of aromatic amines is 1. The number of nitrogens with one attached hydrogen (secondary N) is 1. The molecule has 7 aromatic rings. The first-order valence-corrected chi connectivity index (χ1v) is 24.7. The first kappa shape index (κ1) is 42.2. The minimum absolute atomic E-state index is 0.0572. The normalized spacial score (nSPS) is 23.6. The zero-order valence-electron chi connectivity index (χ0n) is 39.1. The number of nitrogens with zero attached hydrogens (tertiary/aromatic N) is 6. The van der Waals surface area contributed by atoms with Crippen LogP contribution in [0, 0.1) is 33.6 Å². The van der Waals surface area contributed by atoms with Gasteiger partial charge in [0, 0.05) is 52.7 Å². The van der Waals surface area contributed by atoms with Crippen molar-refractivity contribution in [3.63, 3.8) is 0 Å². The van der Waals surface area contributed by atoms with Crippen molar-refractivity contribution in [1.82, 2.24) is 30.2 Å². The van der Waals surface area contributed by atoms with E-state index >= 15 is 4.39 Å². The predicted molar refractivity (Wildman–Crippen MR) is 253 cm³/mol. The molecule has 0 unspecified atom stereocenters. The molecule has 68 heavy (non-hydrogen) atoms. The highest BCUT2D eigenvalue weighted by atomic mass is 19.1. The second-order valence-electron chi connectivity index (χ2n) is 20.9. The Bertz CT molecular complexity index is 3110. The summed E-state index contributed by atoms with van der Waals surface area (Å²) in [5.41, 5.74) is 8.88. The van der Waals surface area contributed by atoms with E-state index in [1.807, 2.05) is 70.2 Å². The van der Waals surface area contributed by atoms with Crippen molar-refractivity contribution in [2.75, 3.05) is 0 Å². The van der Waals surface area contributed by atoms with Crippen molar-refractivity contribution in [3.8, 4) is 22.3 Å². The van der Waals surface area contributed by atoms with Crippen LogP contribution in [0.4, 0.5) is 10.1 Å². The fraction of sp³-hybridized carbons (Fsp3) is 0.455. The van der Waals surface area contributed by atoms with E-state index in [1.165, 1.54) is 18.6 Å². The van der Waals surface area contributed by atoms with Crippen LogP contribution in [0.2, 0.25) is 0 Å². The molecule has 4 atom stereocenters. The van der Waals surface area contributed by atoms with E-state index in [0.717, 1.165) is 132 Å². The SMILES string of the molecule is Cc1noc(C)c1-c1cc([C@](F)(c2ccccn2)[C@H]2CCC3(CC3)O2)c2nc(C3CC3)[nH]c2c1.Cc1noc(C)c1-c1cc2c(c([C@](O)(c3ccccn3)[C@H]3CCC4(CC4)O3)c1)N=C(C1CC1)C2. The lowest BCUT2D eigenvalue weighted by atomic mass is 9.80. The molecule has 13 heteroatoms. The molecule has 348 valence electrons. The Balaban J connectivity index is 0.000000134. The maximum Gasteiger partial charge on any atom is 0.205 e. The van der Waals surface area contributed by atoms with Crippen molar-refractivity contribution < 1.29 is 28.0 Å². The summed E-state index contributed by atoms with van der Waals surface area (Å²) in [6, 6.07) is 19.4. The third kappa shape index (κ3) is 6.93. The average Bonchev–Trinajstić information content (AvgIpc) is 4.32. The molecule has 12 nitrogen and oxygen atoms in total. The third-order valence-electron chi connectivity index (χ3n) is 16.0. The van der Waals surface area contributed by atoms with Crippen LogP contribution < -0.4 is 0 Å². The molecule has 2 N–H and O–H groups in total. The van der Waals surface area contributed by atoms with Gasteiger partial charge in [-0.3, -0.25) is 15.0 Å². The monoisotopic (exact) mass is 913 g/mol. The maximum atomic E-state index is 17.8. The van der Waals surface area contributed by atoms with Gasteiger partial charge in [0.25, 0.3) is 0 Å². The highest BCUT2D eigenvalue weighted by molar-refractivity contribution is 5.98. The molecule has 14 rings (SSSR count). The zero-order valence-corrected chi connectivity index (χ0v) is 39.1. The van der Waals surface area contributed by atoms with E-state index in [1.54, 1.807) is 18.5 Å². The summed E-state index contributed by atoms with van der Waals surface area (Å²) in [6.07, 6.45) is 15.4. The summed E-state index contributed by atoms with van der Waals surface area (Å²) >= 11 is 0. The number of pyridine rings is 2. The van der Waals surface area contributed by atoms with Gasteiger partial charge < -0.3 is 28.6 Å². The minimum Gasteiger partial charge on any atom is -0.376 e. The molecule has 5 aromatic heterocycles. The summed E-state index contributed by atoms with van der Waals surface area (Å²) in [6.45, 7) is 7.71. The number of benzene rings is 2. The Labute approximate surface area is 394 Å². The summed E-state index contributed by atoms with van der Waals surface area (Å²) in [4.78, 5) is 22.7. The Morgan fingerprint density at radius 1 is 0.676 bits per heavy atom. The maximum absolute atomic E-state index is 17.8. The van der Waals surface area contributed by atoms with Crippen LogP contribution in [-0.2, 0) is 27.2 Å². The molecular weight excluding hydrogens is 858 g/mol. The molecular formula is C55H56FN7O5. The van der Waals surface area contributed by atoms with Gasteiger partial charge in [0.1, 0.15) is 23.4 Å². The molecule has 0 amide bonds. The number of aryl methyl sites for hydroxylation is 4. The summed E-state index contributed by atoms with van der Waals surface area (Å²) in [5, 5.41) is 21.0. The standard InChI is InChI=1S/C28H29N3O3.C27H27FN4O2/c1-16-25(17(2)34-31-16)19-13-20-15-22(18-6-7-18)30-26(20)21(14-19)28(32,23-5-3-4-12-29-23)24-8-9-27(33-24)10-11-27;1-15-23(16(2)34-32-15)18-13-19(24-20(14-18)30-25(31-24)17-6-7-17)27(28,21-5-3-4-12-29-21)22-8-9-26(33-22)10-11-26/h3-5,12-14,18,24,32H,6-11,15H2,1-2H3;3-5,12-14,17,22H,6-11H2,1-2H3,(H,30,31)/t24-,28+;22-,27+/m11/s1. The number of imidazole rings is 1. The van der Waals surface area contributed by atoms with E-state index in [-0.39, 0.29) is 17.3 Å². The molecule has 2 saturated heterocycles. The molecule has 4 aliphatic carbocycles. The molecule has 8 heterocycles. The lowest BCUT2D eigenvalue weighted by Gasteiger charge is -2.35. The molecule has 0 radical (unpaired) electrons. The molecule has 3 aliphatic heterocycles. The number of aliphatic imine (C=N–C) groups is 1. The lowest BCUT2D eigenvalue weighted by Crippen LogP contribution is -2.42. The van der Waals surface area contributed by atoms with Crippen molar-refractivity contribution in [2.24, 2.45) is 10.9 Å². The minimum atomic E-state index is -1.93. The fourth-order valence-electron chi connectivity index (χ4n) is 11.7. The number of aliphatic hydroxyl groups is 1. The second-order valence-corrected chi connectivity index (χ2v) is 20.9. The number of alkyl halides is 1. The van der Waals surface area contributed by atoms with Crippen molar-refractivity contribution >= 4 is 22.4 Å².